The number of ether oxygens (including phenoxy) is 1. The molecule has 2 aromatic heterocycles. The number of hydrogen-bond donors (Lipinski definition) is 2. The summed E-state index contributed by atoms with van der Waals surface area (Å²) >= 11 is 0. The summed E-state index contributed by atoms with van der Waals surface area (Å²) in [5, 5.41) is 4.96. The molecule has 0 radical (unpaired) electrons. The van der Waals surface area contributed by atoms with Gasteiger partial charge in [0.1, 0.15) is 12.1 Å². The van der Waals surface area contributed by atoms with Crippen molar-refractivity contribution in [2.45, 2.75) is 23.3 Å². The molecule has 0 unspecified atom stereocenters. The molecule has 0 amide bonds. The molecule has 0 spiro atoms. The highest BCUT2D eigenvalue weighted by Gasteiger charge is 2.25. The van der Waals surface area contributed by atoms with Crippen molar-refractivity contribution in [1.29, 1.82) is 0 Å². The maximum absolute atomic E-state index is 13.1. The number of nitrogens with one attached hydrogen (secondary N) is 1. The fraction of sp³-hybridized carbons (Fsp3) is 0.172. The molecule has 9 heteroatoms. The largest absolute Gasteiger partial charge is 0.381 e. The SMILES string of the molecule is NC1(C#Cc2ccc3ncnc(Nc4ccc5c(ccn5S(=O)(=O)c5ccccc5)c4)c3c2)CCOCC1. The zero-order valence-electron chi connectivity index (χ0n) is 20.5. The Balaban J connectivity index is 1.31. The Morgan fingerprint density at radius 1 is 0.974 bits per heavy atom. The van der Waals surface area contributed by atoms with E-state index in [9.17, 15) is 8.42 Å². The van der Waals surface area contributed by atoms with Crippen molar-refractivity contribution in [3.05, 3.63) is 90.9 Å². The molecule has 0 atom stereocenters. The number of nitrogens with zero attached hydrogens (tertiary/aromatic N) is 3. The lowest BCUT2D eigenvalue weighted by molar-refractivity contribution is 0.0705. The van der Waals surface area contributed by atoms with Crippen LogP contribution in [0.2, 0.25) is 0 Å². The average molecular weight is 524 g/mol. The summed E-state index contributed by atoms with van der Waals surface area (Å²) in [4.78, 5) is 9.08. The van der Waals surface area contributed by atoms with E-state index in [0.717, 1.165) is 27.5 Å². The minimum Gasteiger partial charge on any atom is -0.381 e. The summed E-state index contributed by atoms with van der Waals surface area (Å²) in [5.74, 6) is 7.08. The number of nitrogens with two attached hydrogens (primary N) is 1. The molecule has 1 fully saturated rings. The third-order valence-electron chi connectivity index (χ3n) is 6.69. The summed E-state index contributed by atoms with van der Waals surface area (Å²) in [5.41, 5.74) is 8.85. The molecule has 6 rings (SSSR count). The molecular weight excluding hydrogens is 498 g/mol. The molecule has 0 saturated carbocycles. The fourth-order valence-electron chi connectivity index (χ4n) is 4.54. The van der Waals surface area contributed by atoms with Crippen LogP contribution in [0, 0.1) is 11.8 Å². The second-order valence-corrected chi connectivity index (χ2v) is 11.1. The smallest absolute Gasteiger partial charge is 0.268 e. The Morgan fingerprint density at radius 2 is 1.79 bits per heavy atom. The van der Waals surface area contributed by atoms with Crippen LogP contribution in [0.5, 0.6) is 0 Å². The minimum atomic E-state index is -3.70. The van der Waals surface area contributed by atoms with Crippen LogP contribution in [0.15, 0.2) is 90.2 Å². The lowest BCUT2D eigenvalue weighted by atomic mass is 9.92. The molecular formula is C29H25N5O3S. The Labute approximate surface area is 220 Å². The Kier molecular flexibility index (Phi) is 6.08. The van der Waals surface area contributed by atoms with Gasteiger partial charge in [-0.15, -0.1) is 0 Å². The highest BCUT2D eigenvalue weighted by atomic mass is 32.2. The maximum Gasteiger partial charge on any atom is 0.268 e. The number of fused-ring (bicyclic) bond motifs is 2. The van der Waals surface area contributed by atoms with E-state index < -0.39 is 15.6 Å². The van der Waals surface area contributed by atoms with Crippen LogP contribution in [-0.4, -0.2) is 41.1 Å². The van der Waals surface area contributed by atoms with E-state index in [1.54, 1.807) is 48.7 Å². The standard InChI is InChI=1S/C29H25N5O3S/c30-29(13-16-37-17-14-29)12-10-21-6-8-26-25(18-21)28(32-20-31-26)33-23-7-9-27-22(19-23)11-15-34(27)38(35,36)24-4-2-1-3-5-24/h1-9,11,15,18-20H,13-14,16-17,30H2,(H,31,32,33). The maximum atomic E-state index is 13.1. The van der Waals surface area contributed by atoms with E-state index in [1.807, 2.05) is 30.3 Å². The predicted octanol–water partition coefficient (Wildman–Crippen LogP) is 4.42. The van der Waals surface area contributed by atoms with Crippen LogP contribution in [0.4, 0.5) is 11.5 Å². The fourth-order valence-corrected chi connectivity index (χ4v) is 5.91. The van der Waals surface area contributed by atoms with Crippen LogP contribution >= 0.6 is 0 Å². The molecule has 1 aliphatic heterocycles. The molecule has 3 heterocycles. The molecule has 0 aliphatic carbocycles. The lowest BCUT2D eigenvalue weighted by Crippen LogP contribution is -2.43. The first-order valence-corrected chi connectivity index (χ1v) is 13.7. The first-order valence-electron chi connectivity index (χ1n) is 12.2. The average Bonchev–Trinajstić information content (AvgIpc) is 3.37. The van der Waals surface area contributed by atoms with E-state index in [2.05, 4.69) is 27.1 Å². The monoisotopic (exact) mass is 523 g/mol. The molecule has 1 aliphatic rings. The van der Waals surface area contributed by atoms with Gasteiger partial charge < -0.3 is 15.8 Å². The van der Waals surface area contributed by atoms with E-state index in [-0.39, 0.29) is 4.90 Å². The third-order valence-corrected chi connectivity index (χ3v) is 8.40. The van der Waals surface area contributed by atoms with Crippen molar-refractivity contribution >= 4 is 43.3 Å². The van der Waals surface area contributed by atoms with Crippen LogP contribution in [0.3, 0.4) is 0 Å². The van der Waals surface area contributed by atoms with Crippen LogP contribution in [0.1, 0.15) is 18.4 Å². The van der Waals surface area contributed by atoms with Crippen LogP contribution in [0.25, 0.3) is 21.8 Å². The van der Waals surface area contributed by atoms with Crippen molar-refractivity contribution in [2.75, 3.05) is 18.5 Å². The van der Waals surface area contributed by atoms with Gasteiger partial charge >= 0.3 is 0 Å². The lowest BCUT2D eigenvalue weighted by Gasteiger charge is -2.27. The predicted molar refractivity (Wildman–Crippen MR) is 148 cm³/mol. The molecule has 3 N–H and O–H groups in total. The van der Waals surface area contributed by atoms with Gasteiger partial charge in [-0.1, -0.05) is 30.0 Å². The first-order chi connectivity index (χ1) is 18.4. The molecule has 3 aromatic carbocycles. The number of aromatic nitrogens is 3. The molecule has 1 saturated heterocycles. The van der Waals surface area contributed by atoms with E-state index in [1.165, 1.54) is 10.3 Å². The minimum absolute atomic E-state index is 0.239. The number of anilines is 2. The second kappa shape index (κ2) is 9.58. The van der Waals surface area contributed by atoms with Gasteiger partial charge in [-0.25, -0.2) is 22.4 Å². The zero-order chi connectivity index (χ0) is 26.2. The van der Waals surface area contributed by atoms with Gasteiger partial charge in [-0.2, -0.15) is 0 Å². The summed E-state index contributed by atoms with van der Waals surface area (Å²) in [6, 6.07) is 21.5. The van der Waals surface area contributed by atoms with Crippen molar-refractivity contribution < 1.29 is 13.2 Å². The van der Waals surface area contributed by atoms with Gasteiger partial charge in [0.15, 0.2) is 0 Å². The zero-order valence-corrected chi connectivity index (χ0v) is 21.3. The Bertz CT molecular complexity index is 1820. The highest BCUT2D eigenvalue weighted by Crippen LogP contribution is 2.28. The quantitative estimate of drug-likeness (QED) is 0.335. The van der Waals surface area contributed by atoms with Gasteiger partial charge in [-0.05, 0) is 54.6 Å². The van der Waals surface area contributed by atoms with Gasteiger partial charge in [0.05, 0.1) is 21.5 Å². The Morgan fingerprint density at radius 3 is 2.61 bits per heavy atom. The topological polar surface area (TPSA) is 112 Å². The van der Waals surface area contributed by atoms with Crippen LogP contribution in [-0.2, 0) is 14.8 Å². The molecule has 190 valence electrons. The third kappa shape index (κ3) is 4.61. The van der Waals surface area contributed by atoms with Crippen molar-refractivity contribution in [3.8, 4) is 11.8 Å². The second-order valence-electron chi connectivity index (χ2n) is 9.30. The molecule has 8 nitrogen and oxygen atoms in total. The van der Waals surface area contributed by atoms with Crippen molar-refractivity contribution in [2.24, 2.45) is 5.73 Å². The number of benzene rings is 3. The van der Waals surface area contributed by atoms with Crippen LogP contribution < -0.4 is 11.1 Å². The summed E-state index contributed by atoms with van der Waals surface area (Å²) in [6.45, 7) is 1.24. The Hall–Kier alpha value is -4.23. The first kappa shape index (κ1) is 24.1. The normalized spacial score (nSPS) is 15.2. The number of hydrogen-bond acceptors (Lipinski definition) is 7. The summed E-state index contributed by atoms with van der Waals surface area (Å²) in [7, 11) is -3.70. The van der Waals surface area contributed by atoms with E-state index in [0.29, 0.717) is 37.4 Å². The summed E-state index contributed by atoms with van der Waals surface area (Å²) in [6.07, 6.45) is 4.50. The highest BCUT2D eigenvalue weighted by molar-refractivity contribution is 7.90. The molecule has 0 bridgehead atoms. The van der Waals surface area contributed by atoms with Gasteiger partial charge in [-0.3, -0.25) is 0 Å². The molecule has 38 heavy (non-hydrogen) atoms. The number of rotatable bonds is 4. The van der Waals surface area contributed by atoms with Gasteiger partial charge in [0, 0.05) is 54.3 Å². The summed E-state index contributed by atoms with van der Waals surface area (Å²) < 4.78 is 33.0. The van der Waals surface area contributed by atoms with E-state index >= 15 is 0 Å². The van der Waals surface area contributed by atoms with E-state index in [4.69, 9.17) is 10.5 Å². The van der Waals surface area contributed by atoms with Crippen molar-refractivity contribution in [1.82, 2.24) is 13.9 Å². The van der Waals surface area contributed by atoms with Gasteiger partial charge in [0.2, 0.25) is 0 Å². The van der Waals surface area contributed by atoms with Crippen molar-refractivity contribution in [3.63, 3.8) is 0 Å². The molecule has 5 aromatic rings. The van der Waals surface area contributed by atoms with Gasteiger partial charge in [0.25, 0.3) is 10.0 Å².